The van der Waals surface area contributed by atoms with Gasteiger partial charge in [-0.25, -0.2) is 0 Å². The number of rotatable bonds is 1. The van der Waals surface area contributed by atoms with E-state index in [1.54, 1.807) is 19.0 Å². The molecule has 0 radical (unpaired) electrons. The average molecular weight is 230 g/mol. The highest BCUT2D eigenvalue weighted by Crippen LogP contribution is 2.27. The van der Waals surface area contributed by atoms with Gasteiger partial charge in [0.05, 0.1) is 11.1 Å². The van der Waals surface area contributed by atoms with E-state index in [1.165, 1.54) is 5.56 Å². The maximum absolute atomic E-state index is 12.2. The van der Waals surface area contributed by atoms with E-state index in [0.29, 0.717) is 0 Å². The number of benzene rings is 1. The van der Waals surface area contributed by atoms with E-state index < -0.39 is 0 Å². The van der Waals surface area contributed by atoms with Crippen molar-refractivity contribution in [3.63, 3.8) is 0 Å². The van der Waals surface area contributed by atoms with Gasteiger partial charge in [0, 0.05) is 32.2 Å². The summed E-state index contributed by atoms with van der Waals surface area (Å²) in [5, 5.41) is 1.05. The highest BCUT2D eigenvalue weighted by molar-refractivity contribution is 6.08. The molecule has 1 aromatic heterocycles. The van der Waals surface area contributed by atoms with Gasteiger partial charge in [-0.15, -0.1) is 0 Å². The van der Waals surface area contributed by atoms with Gasteiger partial charge in [0.15, 0.2) is 0 Å². The van der Waals surface area contributed by atoms with Crippen LogP contribution in [0.5, 0.6) is 0 Å². The zero-order chi connectivity index (χ0) is 12.7. The lowest BCUT2D eigenvalue weighted by molar-refractivity contribution is 0.0828. The summed E-state index contributed by atoms with van der Waals surface area (Å²) in [6.07, 6.45) is 0. The van der Waals surface area contributed by atoms with E-state index in [9.17, 15) is 4.79 Å². The largest absolute Gasteiger partial charge is 0.347 e. The highest BCUT2D eigenvalue weighted by atomic mass is 16.2. The van der Waals surface area contributed by atoms with Crippen LogP contribution in [0.2, 0.25) is 0 Å². The SMILES string of the molecule is Cc1cccc2c(C(=O)N(C)C)c(C)n(C)c12. The zero-order valence-corrected chi connectivity index (χ0v) is 11.0. The van der Waals surface area contributed by atoms with Gasteiger partial charge >= 0.3 is 0 Å². The first-order valence-electron chi connectivity index (χ1n) is 5.71. The molecular formula is C14H18N2O. The predicted molar refractivity (Wildman–Crippen MR) is 70.4 cm³/mol. The molecule has 3 nitrogen and oxygen atoms in total. The summed E-state index contributed by atoms with van der Waals surface area (Å²) in [5.74, 6) is 0.0682. The van der Waals surface area contributed by atoms with Crippen LogP contribution in [-0.2, 0) is 7.05 Å². The number of carbonyl (C=O) groups is 1. The summed E-state index contributed by atoms with van der Waals surface area (Å²) < 4.78 is 2.10. The molecule has 0 aliphatic carbocycles. The molecule has 0 atom stereocenters. The van der Waals surface area contributed by atoms with Crippen LogP contribution in [0.4, 0.5) is 0 Å². The van der Waals surface area contributed by atoms with Gasteiger partial charge in [0.1, 0.15) is 0 Å². The van der Waals surface area contributed by atoms with Crippen LogP contribution < -0.4 is 0 Å². The van der Waals surface area contributed by atoms with Crippen LogP contribution in [0.15, 0.2) is 18.2 Å². The molecule has 17 heavy (non-hydrogen) atoms. The Morgan fingerprint density at radius 3 is 2.47 bits per heavy atom. The number of hydrogen-bond donors (Lipinski definition) is 0. The van der Waals surface area contributed by atoms with Gasteiger partial charge in [-0.1, -0.05) is 18.2 Å². The van der Waals surface area contributed by atoms with Crippen molar-refractivity contribution in [2.24, 2.45) is 7.05 Å². The Hall–Kier alpha value is -1.77. The Bertz CT molecular complexity index is 594. The van der Waals surface area contributed by atoms with Crippen molar-refractivity contribution in [3.05, 3.63) is 35.0 Å². The van der Waals surface area contributed by atoms with E-state index in [-0.39, 0.29) is 5.91 Å². The molecule has 0 N–H and O–H groups in total. The minimum Gasteiger partial charge on any atom is -0.347 e. The molecule has 0 aliphatic heterocycles. The van der Waals surface area contributed by atoms with Crippen molar-refractivity contribution in [2.45, 2.75) is 13.8 Å². The third-order valence-corrected chi connectivity index (χ3v) is 3.33. The van der Waals surface area contributed by atoms with Crippen molar-refractivity contribution in [3.8, 4) is 0 Å². The van der Waals surface area contributed by atoms with Crippen LogP contribution in [0, 0.1) is 13.8 Å². The molecule has 2 aromatic rings. The number of para-hydroxylation sites is 1. The molecule has 2 rings (SSSR count). The Morgan fingerprint density at radius 2 is 1.88 bits per heavy atom. The Labute approximate surface area is 102 Å². The lowest BCUT2D eigenvalue weighted by Gasteiger charge is -2.10. The third kappa shape index (κ3) is 1.62. The van der Waals surface area contributed by atoms with E-state index >= 15 is 0 Å². The van der Waals surface area contributed by atoms with Crippen molar-refractivity contribution >= 4 is 16.8 Å². The molecule has 1 aromatic carbocycles. The molecule has 0 saturated heterocycles. The molecular weight excluding hydrogens is 212 g/mol. The quantitative estimate of drug-likeness (QED) is 0.739. The fourth-order valence-electron chi connectivity index (χ4n) is 2.33. The fourth-order valence-corrected chi connectivity index (χ4v) is 2.33. The topological polar surface area (TPSA) is 25.2 Å². The first-order chi connectivity index (χ1) is 7.95. The van der Waals surface area contributed by atoms with Crippen LogP contribution >= 0.6 is 0 Å². The zero-order valence-electron chi connectivity index (χ0n) is 11.0. The smallest absolute Gasteiger partial charge is 0.255 e. The number of aromatic nitrogens is 1. The summed E-state index contributed by atoms with van der Waals surface area (Å²) in [5.41, 5.74) is 4.19. The molecule has 1 heterocycles. The van der Waals surface area contributed by atoms with Crippen molar-refractivity contribution in [2.75, 3.05) is 14.1 Å². The number of amides is 1. The van der Waals surface area contributed by atoms with E-state index in [0.717, 1.165) is 22.2 Å². The first kappa shape index (κ1) is 11.7. The first-order valence-corrected chi connectivity index (χ1v) is 5.71. The summed E-state index contributed by atoms with van der Waals surface area (Å²) >= 11 is 0. The molecule has 1 amide bonds. The number of nitrogens with zero attached hydrogens (tertiary/aromatic N) is 2. The number of hydrogen-bond acceptors (Lipinski definition) is 1. The summed E-state index contributed by atoms with van der Waals surface area (Å²) in [4.78, 5) is 13.8. The Kier molecular flexibility index (Phi) is 2.69. The normalized spacial score (nSPS) is 10.9. The second-order valence-electron chi connectivity index (χ2n) is 4.69. The van der Waals surface area contributed by atoms with Crippen molar-refractivity contribution in [1.82, 2.24) is 9.47 Å². The number of fused-ring (bicyclic) bond motifs is 1. The third-order valence-electron chi connectivity index (χ3n) is 3.33. The predicted octanol–water partition coefficient (Wildman–Crippen LogP) is 2.50. The van der Waals surface area contributed by atoms with Crippen LogP contribution in [0.3, 0.4) is 0 Å². The highest BCUT2D eigenvalue weighted by Gasteiger charge is 2.20. The van der Waals surface area contributed by atoms with E-state index in [4.69, 9.17) is 0 Å². The molecule has 0 bridgehead atoms. The van der Waals surface area contributed by atoms with Gasteiger partial charge < -0.3 is 9.47 Å². The van der Waals surface area contributed by atoms with Crippen LogP contribution in [-0.4, -0.2) is 29.5 Å². The second-order valence-corrected chi connectivity index (χ2v) is 4.69. The maximum atomic E-state index is 12.2. The molecule has 0 unspecified atom stereocenters. The molecule has 90 valence electrons. The van der Waals surface area contributed by atoms with Crippen molar-refractivity contribution in [1.29, 1.82) is 0 Å². The number of carbonyl (C=O) groups excluding carboxylic acids is 1. The average Bonchev–Trinajstić information content (AvgIpc) is 2.52. The minimum absolute atomic E-state index is 0.0682. The van der Waals surface area contributed by atoms with Gasteiger partial charge in [-0.05, 0) is 19.4 Å². The molecule has 0 aliphatic rings. The summed E-state index contributed by atoms with van der Waals surface area (Å²) in [7, 11) is 5.59. The van der Waals surface area contributed by atoms with Crippen LogP contribution in [0.25, 0.3) is 10.9 Å². The van der Waals surface area contributed by atoms with E-state index in [2.05, 4.69) is 17.6 Å². The maximum Gasteiger partial charge on any atom is 0.255 e. The molecule has 0 fully saturated rings. The summed E-state index contributed by atoms with van der Waals surface area (Å²) in [6, 6.07) is 6.10. The van der Waals surface area contributed by atoms with Crippen molar-refractivity contribution < 1.29 is 4.79 Å². The number of aryl methyl sites for hydroxylation is 2. The van der Waals surface area contributed by atoms with Gasteiger partial charge in [-0.3, -0.25) is 4.79 Å². The Morgan fingerprint density at radius 1 is 1.24 bits per heavy atom. The van der Waals surface area contributed by atoms with Gasteiger partial charge in [0.2, 0.25) is 0 Å². The fraction of sp³-hybridized carbons (Fsp3) is 0.357. The molecule has 3 heteroatoms. The lowest BCUT2D eigenvalue weighted by Crippen LogP contribution is -2.22. The summed E-state index contributed by atoms with van der Waals surface area (Å²) in [6.45, 7) is 4.07. The Balaban J connectivity index is 2.85. The standard InChI is InChI=1S/C14H18N2O/c1-9-7-6-8-11-12(14(17)15(3)4)10(2)16(5)13(9)11/h6-8H,1-5H3. The van der Waals surface area contributed by atoms with Crippen LogP contribution in [0.1, 0.15) is 21.6 Å². The van der Waals surface area contributed by atoms with Gasteiger partial charge in [0.25, 0.3) is 5.91 Å². The van der Waals surface area contributed by atoms with Gasteiger partial charge in [-0.2, -0.15) is 0 Å². The molecule has 0 saturated carbocycles. The van der Waals surface area contributed by atoms with E-state index in [1.807, 2.05) is 26.1 Å². The molecule has 0 spiro atoms. The lowest BCUT2D eigenvalue weighted by atomic mass is 10.1. The minimum atomic E-state index is 0.0682. The second kappa shape index (κ2) is 3.91. The monoisotopic (exact) mass is 230 g/mol.